The molecular weight excluding hydrogens is 286 g/mol. The van der Waals surface area contributed by atoms with Crippen LogP contribution in [0.2, 0.25) is 5.02 Å². The van der Waals surface area contributed by atoms with Crippen LogP contribution in [0.5, 0.6) is 0 Å². The summed E-state index contributed by atoms with van der Waals surface area (Å²) in [7, 11) is 0. The largest absolute Gasteiger partial charge is 0.411 e. The molecule has 0 saturated carbocycles. The highest BCUT2D eigenvalue weighted by Gasteiger charge is 2.27. The van der Waals surface area contributed by atoms with Gasteiger partial charge in [-0.1, -0.05) is 23.7 Å². The molecule has 0 aliphatic heterocycles. The Morgan fingerprint density at radius 1 is 1.32 bits per heavy atom. The minimum atomic E-state index is -4.34. The van der Waals surface area contributed by atoms with Gasteiger partial charge in [-0.15, -0.1) is 0 Å². The van der Waals surface area contributed by atoms with Gasteiger partial charge in [0.15, 0.2) is 0 Å². The van der Waals surface area contributed by atoms with E-state index in [-0.39, 0.29) is 24.5 Å². The molecule has 0 saturated heterocycles. The predicted molar refractivity (Wildman–Crippen MR) is 64.6 cm³/mol. The molecular formula is C12H14ClF4NO. The number of ether oxygens (including phenoxy) is 1. The van der Waals surface area contributed by atoms with Crippen LogP contribution in [0, 0.1) is 5.82 Å². The Morgan fingerprint density at radius 3 is 2.63 bits per heavy atom. The van der Waals surface area contributed by atoms with E-state index in [0.717, 1.165) is 0 Å². The second-order valence-corrected chi connectivity index (χ2v) is 4.54. The van der Waals surface area contributed by atoms with E-state index in [2.05, 4.69) is 4.74 Å². The SMILES string of the molecule is NC(CCOCC(F)(F)F)Cc1cccc(Cl)c1F. The van der Waals surface area contributed by atoms with Gasteiger partial charge < -0.3 is 10.5 Å². The van der Waals surface area contributed by atoms with Gasteiger partial charge in [-0.25, -0.2) is 4.39 Å². The summed E-state index contributed by atoms with van der Waals surface area (Å²) in [6.45, 7) is -1.42. The van der Waals surface area contributed by atoms with Gasteiger partial charge in [0.25, 0.3) is 0 Å². The fraction of sp³-hybridized carbons (Fsp3) is 0.500. The van der Waals surface area contributed by atoms with Crippen LogP contribution in [-0.4, -0.2) is 25.4 Å². The fourth-order valence-corrected chi connectivity index (χ4v) is 1.71. The third-order valence-corrected chi connectivity index (χ3v) is 2.70. The molecule has 2 nitrogen and oxygen atoms in total. The molecule has 1 aromatic rings. The van der Waals surface area contributed by atoms with Crippen LogP contribution < -0.4 is 5.73 Å². The Hall–Kier alpha value is -0.850. The number of halogens is 5. The Bertz CT molecular complexity index is 411. The lowest BCUT2D eigenvalue weighted by Crippen LogP contribution is -2.26. The fourth-order valence-electron chi connectivity index (χ4n) is 1.51. The van der Waals surface area contributed by atoms with Crippen LogP contribution in [0.25, 0.3) is 0 Å². The van der Waals surface area contributed by atoms with Crippen LogP contribution in [0.15, 0.2) is 18.2 Å². The molecule has 2 N–H and O–H groups in total. The molecule has 7 heteroatoms. The number of hydrogen-bond acceptors (Lipinski definition) is 2. The average molecular weight is 300 g/mol. The zero-order chi connectivity index (χ0) is 14.5. The van der Waals surface area contributed by atoms with Gasteiger partial charge >= 0.3 is 6.18 Å². The third kappa shape index (κ3) is 6.22. The molecule has 1 aromatic carbocycles. The maximum atomic E-state index is 13.5. The van der Waals surface area contributed by atoms with E-state index in [9.17, 15) is 17.6 Å². The molecule has 108 valence electrons. The molecule has 0 fully saturated rings. The van der Waals surface area contributed by atoms with Crippen molar-refractivity contribution in [2.45, 2.75) is 25.1 Å². The zero-order valence-electron chi connectivity index (χ0n) is 10.0. The van der Waals surface area contributed by atoms with Gasteiger partial charge in [0.05, 0.1) is 5.02 Å². The van der Waals surface area contributed by atoms with E-state index >= 15 is 0 Å². The van der Waals surface area contributed by atoms with Crippen molar-refractivity contribution >= 4 is 11.6 Å². The van der Waals surface area contributed by atoms with Crippen LogP contribution in [0.1, 0.15) is 12.0 Å². The van der Waals surface area contributed by atoms with E-state index in [4.69, 9.17) is 17.3 Å². The van der Waals surface area contributed by atoms with Gasteiger partial charge in [0.1, 0.15) is 12.4 Å². The van der Waals surface area contributed by atoms with Crippen molar-refractivity contribution in [1.82, 2.24) is 0 Å². The summed E-state index contributed by atoms with van der Waals surface area (Å²) in [6, 6.07) is 4.06. The van der Waals surface area contributed by atoms with E-state index < -0.39 is 24.6 Å². The van der Waals surface area contributed by atoms with Gasteiger partial charge in [-0.05, 0) is 24.5 Å². The molecule has 0 aromatic heterocycles. The lowest BCUT2D eigenvalue weighted by Gasteiger charge is -2.13. The standard InChI is InChI=1S/C12H14ClF4NO/c13-10-3-1-2-8(11(10)14)6-9(18)4-5-19-7-12(15,16)17/h1-3,9H,4-7,18H2. The van der Waals surface area contributed by atoms with Gasteiger partial charge in [0.2, 0.25) is 0 Å². The number of benzene rings is 1. The summed E-state index contributed by atoms with van der Waals surface area (Å²) in [5.74, 6) is -0.546. The summed E-state index contributed by atoms with van der Waals surface area (Å²) in [5, 5.41) is -0.00183. The van der Waals surface area contributed by atoms with Gasteiger partial charge in [0, 0.05) is 12.6 Å². The van der Waals surface area contributed by atoms with Crippen molar-refractivity contribution in [2.75, 3.05) is 13.2 Å². The number of nitrogens with two attached hydrogens (primary N) is 1. The molecule has 19 heavy (non-hydrogen) atoms. The molecule has 0 bridgehead atoms. The van der Waals surface area contributed by atoms with Crippen molar-refractivity contribution < 1.29 is 22.3 Å². The maximum absolute atomic E-state index is 13.5. The van der Waals surface area contributed by atoms with Crippen molar-refractivity contribution in [3.8, 4) is 0 Å². The number of rotatable bonds is 6. The summed E-state index contributed by atoms with van der Waals surface area (Å²) < 4.78 is 53.4. The smallest absolute Gasteiger partial charge is 0.372 e. The monoisotopic (exact) mass is 299 g/mol. The molecule has 1 rings (SSSR count). The topological polar surface area (TPSA) is 35.2 Å². The Labute approximate surface area is 113 Å². The Balaban J connectivity index is 2.35. The number of hydrogen-bond donors (Lipinski definition) is 1. The molecule has 0 amide bonds. The Morgan fingerprint density at radius 2 is 2.00 bits per heavy atom. The first kappa shape index (κ1) is 16.2. The summed E-state index contributed by atoms with van der Waals surface area (Å²) in [5.41, 5.74) is 6.05. The molecule has 0 aliphatic rings. The zero-order valence-corrected chi connectivity index (χ0v) is 10.8. The van der Waals surface area contributed by atoms with Crippen molar-refractivity contribution in [3.63, 3.8) is 0 Å². The molecule has 1 unspecified atom stereocenters. The first-order valence-electron chi connectivity index (χ1n) is 5.62. The van der Waals surface area contributed by atoms with E-state index in [1.807, 2.05) is 0 Å². The third-order valence-electron chi connectivity index (χ3n) is 2.41. The summed E-state index contributed by atoms with van der Waals surface area (Å²) in [6.07, 6.45) is -3.94. The summed E-state index contributed by atoms with van der Waals surface area (Å²) >= 11 is 5.61. The predicted octanol–water partition coefficient (Wildman–Crippen LogP) is 3.32. The van der Waals surface area contributed by atoms with E-state index in [0.29, 0.717) is 5.56 Å². The van der Waals surface area contributed by atoms with E-state index in [1.54, 1.807) is 6.07 Å². The molecule has 0 radical (unpaired) electrons. The summed E-state index contributed by atoms with van der Waals surface area (Å²) in [4.78, 5) is 0. The number of alkyl halides is 3. The average Bonchev–Trinajstić information content (AvgIpc) is 2.29. The quantitative estimate of drug-likeness (QED) is 0.646. The normalized spacial score (nSPS) is 13.6. The highest BCUT2D eigenvalue weighted by Crippen LogP contribution is 2.19. The van der Waals surface area contributed by atoms with Crippen LogP contribution >= 0.6 is 11.6 Å². The van der Waals surface area contributed by atoms with Gasteiger partial charge in [-0.3, -0.25) is 0 Å². The van der Waals surface area contributed by atoms with Crippen LogP contribution in [-0.2, 0) is 11.2 Å². The Kier molecular flexibility index (Phi) is 6.03. The lowest BCUT2D eigenvalue weighted by atomic mass is 10.0. The first-order valence-corrected chi connectivity index (χ1v) is 6.00. The second-order valence-electron chi connectivity index (χ2n) is 4.13. The minimum absolute atomic E-state index is 0.00183. The first-order chi connectivity index (χ1) is 8.79. The second kappa shape index (κ2) is 7.07. The minimum Gasteiger partial charge on any atom is -0.372 e. The molecule has 1 atom stereocenters. The van der Waals surface area contributed by atoms with Crippen molar-refractivity contribution in [1.29, 1.82) is 0 Å². The van der Waals surface area contributed by atoms with Gasteiger partial charge in [-0.2, -0.15) is 13.2 Å². The highest BCUT2D eigenvalue weighted by molar-refractivity contribution is 6.30. The van der Waals surface area contributed by atoms with Crippen LogP contribution in [0.4, 0.5) is 17.6 Å². The van der Waals surface area contributed by atoms with E-state index in [1.165, 1.54) is 12.1 Å². The van der Waals surface area contributed by atoms with Crippen LogP contribution in [0.3, 0.4) is 0 Å². The maximum Gasteiger partial charge on any atom is 0.411 e. The van der Waals surface area contributed by atoms with Crippen molar-refractivity contribution in [2.24, 2.45) is 5.73 Å². The lowest BCUT2D eigenvalue weighted by molar-refractivity contribution is -0.174. The van der Waals surface area contributed by atoms with Crippen molar-refractivity contribution in [3.05, 3.63) is 34.6 Å². The highest BCUT2D eigenvalue weighted by atomic mass is 35.5. The molecule has 0 aliphatic carbocycles. The molecule has 0 heterocycles. The molecule has 0 spiro atoms.